The number of hydrogen-bond donors (Lipinski definition) is 0. The van der Waals surface area contributed by atoms with Crippen molar-refractivity contribution < 1.29 is 9.13 Å². The Labute approximate surface area is 78.5 Å². The van der Waals surface area contributed by atoms with Crippen LogP contribution >= 0.6 is 0 Å². The van der Waals surface area contributed by atoms with E-state index in [4.69, 9.17) is 4.74 Å². The first-order valence-corrected chi connectivity index (χ1v) is 4.54. The van der Waals surface area contributed by atoms with E-state index in [0.717, 1.165) is 12.0 Å². The van der Waals surface area contributed by atoms with Gasteiger partial charge in [0.05, 0.1) is 6.61 Å². The number of hydrogen-bond acceptors (Lipinski definition) is 1. The fourth-order valence-electron chi connectivity index (χ4n) is 1.09. The van der Waals surface area contributed by atoms with Crippen molar-refractivity contribution in [1.82, 2.24) is 0 Å². The standard InChI is InChI=1S/C11H15FO/c1-4-5-13-10-6-8(2)9(3)11(12)7-10/h6-7H,4-5H2,1-3H3. The summed E-state index contributed by atoms with van der Waals surface area (Å²) in [6.45, 7) is 6.32. The van der Waals surface area contributed by atoms with Gasteiger partial charge in [-0.25, -0.2) is 4.39 Å². The monoisotopic (exact) mass is 182 g/mol. The molecule has 0 N–H and O–H groups in total. The van der Waals surface area contributed by atoms with Gasteiger partial charge < -0.3 is 4.74 Å². The van der Waals surface area contributed by atoms with Crippen molar-refractivity contribution in [2.75, 3.05) is 6.61 Å². The Hall–Kier alpha value is -1.05. The lowest BCUT2D eigenvalue weighted by molar-refractivity contribution is 0.315. The summed E-state index contributed by atoms with van der Waals surface area (Å²) < 4.78 is 18.5. The zero-order chi connectivity index (χ0) is 9.84. The zero-order valence-corrected chi connectivity index (χ0v) is 8.36. The summed E-state index contributed by atoms with van der Waals surface area (Å²) in [6, 6.07) is 3.31. The number of aryl methyl sites for hydroxylation is 1. The van der Waals surface area contributed by atoms with Gasteiger partial charge in [0.2, 0.25) is 0 Å². The van der Waals surface area contributed by atoms with Gasteiger partial charge in [-0.15, -0.1) is 0 Å². The van der Waals surface area contributed by atoms with Gasteiger partial charge >= 0.3 is 0 Å². The van der Waals surface area contributed by atoms with Crippen LogP contribution in [0.1, 0.15) is 24.5 Å². The van der Waals surface area contributed by atoms with Crippen molar-refractivity contribution in [3.05, 3.63) is 29.1 Å². The predicted octanol–water partition coefficient (Wildman–Crippen LogP) is 3.23. The van der Waals surface area contributed by atoms with E-state index in [9.17, 15) is 4.39 Å². The number of ether oxygens (including phenoxy) is 1. The Kier molecular flexibility index (Phi) is 3.29. The molecule has 0 amide bonds. The van der Waals surface area contributed by atoms with Crippen molar-refractivity contribution in [2.24, 2.45) is 0 Å². The van der Waals surface area contributed by atoms with Crippen LogP contribution in [-0.2, 0) is 0 Å². The van der Waals surface area contributed by atoms with Gasteiger partial charge in [0, 0.05) is 6.07 Å². The van der Waals surface area contributed by atoms with E-state index in [-0.39, 0.29) is 5.82 Å². The molecular formula is C11H15FO. The van der Waals surface area contributed by atoms with Gasteiger partial charge in [-0.1, -0.05) is 6.92 Å². The lowest BCUT2D eigenvalue weighted by Crippen LogP contribution is -1.97. The van der Waals surface area contributed by atoms with E-state index >= 15 is 0 Å². The highest BCUT2D eigenvalue weighted by Gasteiger charge is 2.03. The highest BCUT2D eigenvalue weighted by atomic mass is 19.1. The molecular weight excluding hydrogens is 167 g/mol. The van der Waals surface area contributed by atoms with Crippen molar-refractivity contribution in [2.45, 2.75) is 27.2 Å². The second-order valence-corrected chi connectivity index (χ2v) is 3.20. The Balaban J connectivity index is 2.86. The number of rotatable bonds is 3. The molecule has 72 valence electrons. The molecule has 2 heteroatoms. The van der Waals surface area contributed by atoms with Crippen LogP contribution in [0, 0.1) is 19.7 Å². The van der Waals surface area contributed by atoms with Gasteiger partial charge in [-0.3, -0.25) is 0 Å². The van der Waals surface area contributed by atoms with Gasteiger partial charge in [0.1, 0.15) is 11.6 Å². The van der Waals surface area contributed by atoms with Crippen LogP contribution in [0.3, 0.4) is 0 Å². The number of halogens is 1. The quantitative estimate of drug-likeness (QED) is 0.697. The molecule has 0 unspecified atom stereocenters. The summed E-state index contributed by atoms with van der Waals surface area (Å²) in [7, 11) is 0. The van der Waals surface area contributed by atoms with E-state index in [1.807, 2.05) is 19.9 Å². The largest absolute Gasteiger partial charge is 0.493 e. The summed E-state index contributed by atoms with van der Waals surface area (Å²) in [4.78, 5) is 0. The summed E-state index contributed by atoms with van der Waals surface area (Å²) in [5.74, 6) is 0.438. The predicted molar refractivity (Wildman–Crippen MR) is 51.7 cm³/mol. The molecule has 0 bridgehead atoms. The molecule has 0 atom stereocenters. The van der Waals surface area contributed by atoms with Crippen LogP contribution in [0.25, 0.3) is 0 Å². The zero-order valence-electron chi connectivity index (χ0n) is 8.36. The molecule has 0 aliphatic carbocycles. The first kappa shape index (κ1) is 10.0. The van der Waals surface area contributed by atoms with E-state index in [1.54, 1.807) is 6.92 Å². The molecule has 1 rings (SSSR count). The molecule has 0 spiro atoms. The Morgan fingerprint density at radius 2 is 2.00 bits per heavy atom. The molecule has 1 nitrogen and oxygen atoms in total. The average Bonchev–Trinajstić information content (AvgIpc) is 2.10. The smallest absolute Gasteiger partial charge is 0.130 e. The molecule has 0 aromatic heterocycles. The van der Waals surface area contributed by atoms with Crippen LogP contribution in [-0.4, -0.2) is 6.61 Å². The van der Waals surface area contributed by atoms with Gasteiger partial charge in [-0.2, -0.15) is 0 Å². The lowest BCUT2D eigenvalue weighted by atomic mass is 10.1. The van der Waals surface area contributed by atoms with Crippen LogP contribution in [0.5, 0.6) is 5.75 Å². The maximum atomic E-state index is 13.2. The Morgan fingerprint density at radius 3 is 2.54 bits per heavy atom. The second kappa shape index (κ2) is 4.26. The highest BCUT2D eigenvalue weighted by Crippen LogP contribution is 2.20. The molecule has 13 heavy (non-hydrogen) atoms. The molecule has 0 heterocycles. The first-order valence-electron chi connectivity index (χ1n) is 4.54. The third-order valence-electron chi connectivity index (χ3n) is 2.05. The van der Waals surface area contributed by atoms with E-state index in [0.29, 0.717) is 17.9 Å². The molecule has 0 saturated carbocycles. The third-order valence-corrected chi connectivity index (χ3v) is 2.05. The van der Waals surface area contributed by atoms with Crippen molar-refractivity contribution in [3.63, 3.8) is 0 Å². The maximum absolute atomic E-state index is 13.2. The van der Waals surface area contributed by atoms with Crippen LogP contribution in [0.4, 0.5) is 4.39 Å². The van der Waals surface area contributed by atoms with Gasteiger partial charge in [0.15, 0.2) is 0 Å². The fraction of sp³-hybridized carbons (Fsp3) is 0.455. The van der Waals surface area contributed by atoms with Crippen LogP contribution in [0.2, 0.25) is 0 Å². The van der Waals surface area contributed by atoms with E-state index < -0.39 is 0 Å². The minimum absolute atomic E-state index is 0.189. The minimum Gasteiger partial charge on any atom is -0.493 e. The number of benzene rings is 1. The van der Waals surface area contributed by atoms with E-state index in [1.165, 1.54) is 6.07 Å². The lowest BCUT2D eigenvalue weighted by Gasteiger charge is -2.07. The Morgan fingerprint density at radius 1 is 1.31 bits per heavy atom. The highest BCUT2D eigenvalue weighted by molar-refractivity contribution is 5.35. The summed E-state index contributed by atoms with van der Waals surface area (Å²) >= 11 is 0. The molecule has 0 fully saturated rings. The molecule has 0 radical (unpaired) electrons. The normalized spacial score (nSPS) is 10.2. The fourth-order valence-corrected chi connectivity index (χ4v) is 1.09. The molecule has 0 aliphatic heterocycles. The van der Waals surface area contributed by atoms with Gasteiger partial charge in [0.25, 0.3) is 0 Å². The van der Waals surface area contributed by atoms with Crippen LogP contribution < -0.4 is 4.74 Å². The SMILES string of the molecule is CCCOc1cc(C)c(C)c(F)c1. The van der Waals surface area contributed by atoms with Crippen molar-refractivity contribution in [3.8, 4) is 5.75 Å². The Bertz CT molecular complexity index is 271. The van der Waals surface area contributed by atoms with Crippen molar-refractivity contribution >= 4 is 0 Å². The molecule has 1 aromatic carbocycles. The maximum Gasteiger partial charge on any atom is 0.130 e. The summed E-state index contributed by atoms with van der Waals surface area (Å²) in [5, 5.41) is 0. The average molecular weight is 182 g/mol. The minimum atomic E-state index is -0.189. The van der Waals surface area contributed by atoms with E-state index in [2.05, 4.69) is 0 Å². The first-order chi connectivity index (χ1) is 6.15. The summed E-state index contributed by atoms with van der Waals surface area (Å²) in [6.07, 6.45) is 0.939. The van der Waals surface area contributed by atoms with Crippen LogP contribution in [0.15, 0.2) is 12.1 Å². The second-order valence-electron chi connectivity index (χ2n) is 3.20. The summed E-state index contributed by atoms with van der Waals surface area (Å²) in [5.41, 5.74) is 1.63. The molecule has 0 saturated heterocycles. The van der Waals surface area contributed by atoms with Crippen molar-refractivity contribution in [1.29, 1.82) is 0 Å². The molecule has 0 aliphatic rings. The third kappa shape index (κ3) is 2.44. The topological polar surface area (TPSA) is 9.23 Å². The van der Waals surface area contributed by atoms with Gasteiger partial charge in [-0.05, 0) is 37.5 Å². The molecule has 1 aromatic rings.